The Balaban J connectivity index is 1.97. The number of hydrogen-bond acceptors (Lipinski definition) is 7. The summed E-state index contributed by atoms with van der Waals surface area (Å²) in [6.07, 6.45) is 0. The molecule has 1 aliphatic heterocycles. The van der Waals surface area contributed by atoms with E-state index in [0.717, 1.165) is 0 Å². The van der Waals surface area contributed by atoms with Gasteiger partial charge in [0, 0.05) is 22.7 Å². The van der Waals surface area contributed by atoms with Crippen LogP contribution in [-0.2, 0) is 0 Å². The first kappa shape index (κ1) is 22.8. The fraction of sp³-hybridized carbons (Fsp3) is 0.304. The lowest BCUT2D eigenvalue weighted by Crippen LogP contribution is -2.32. The number of aromatic amines is 1. The summed E-state index contributed by atoms with van der Waals surface area (Å²) in [5.74, 6) is 0.917. The second kappa shape index (κ2) is 8.84. The number of amides is 1. The smallest absolute Gasteiger partial charge is 0.273 e. The molecule has 0 aliphatic carbocycles. The van der Waals surface area contributed by atoms with E-state index >= 15 is 0 Å². The van der Waals surface area contributed by atoms with E-state index in [2.05, 4.69) is 10.2 Å². The van der Waals surface area contributed by atoms with Gasteiger partial charge in [0.15, 0.2) is 11.5 Å². The third kappa shape index (κ3) is 3.63. The molecule has 4 rings (SSSR count). The van der Waals surface area contributed by atoms with E-state index in [1.807, 2.05) is 0 Å². The molecular formula is C23H24ClN3O6. The van der Waals surface area contributed by atoms with Crippen LogP contribution in [-0.4, -0.2) is 65.7 Å². The zero-order chi connectivity index (χ0) is 23.9. The molecular weight excluding hydrogens is 450 g/mol. The maximum absolute atomic E-state index is 13.2. The van der Waals surface area contributed by atoms with Gasteiger partial charge in [0.2, 0.25) is 5.75 Å². The molecule has 0 saturated carbocycles. The summed E-state index contributed by atoms with van der Waals surface area (Å²) in [6, 6.07) is 6.03. The summed E-state index contributed by atoms with van der Waals surface area (Å²) < 4.78 is 16.4. The highest BCUT2D eigenvalue weighted by molar-refractivity contribution is 6.31. The van der Waals surface area contributed by atoms with Crippen molar-refractivity contribution in [3.63, 3.8) is 0 Å². The van der Waals surface area contributed by atoms with Crippen LogP contribution in [0.1, 0.15) is 33.2 Å². The van der Waals surface area contributed by atoms with Crippen molar-refractivity contribution in [2.24, 2.45) is 0 Å². The Bertz CT molecular complexity index is 1200. The van der Waals surface area contributed by atoms with Crippen molar-refractivity contribution in [1.29, 1.82) is 0 Å². The molecule has 1 atom stereocenters. The number of nitrogens with zero attached hydrogens (tertiary/aromatic N) is 2. The number of hydrogen-bond donors (Lipinski definition) is 3. The number of aliphatic hydroxyl groups excluding tert-OH is 1. The lowest BCUT2D eigenvalue weighted by atomic mass is 9.94. The number of aromatic nitrogens is 2. The number of aromatic hydroxyl groups is 1. The van der Waals surface area contributed by atoms with Gasteiger partial charge in [-0.15, -0.1) is 0 Å². The van der Waals surface area contributed by atoms with Crippen LogP contribution >= 0.6 is 11.6 Å². The van der Waals surface area contributed by atoms with Crippen molar-refractivity contribution >= 4 is 17.5 Å². The van der Waals surface area contributed by atoms with Crippen molar-refractivity contribution in [1.82, 2.24) is 15.1 Å². The number of carbonyl (C=O) groups excluding carboxylic acids is 1. The van der Waals surface area contributed by atoms with E-state index < -0.39 is 6.04 Å². The van der Waals surface area contributed by atoms with Gasteiger partial charge in [-0.2, -0.15) is 5.10 Å². The lowest BCUT2D eigenvalue weighted by Gasteiger charge is -2.27. The number of phenolic OH excluding ortho intramolecular Hbond substituents is 1. The Labute approximate surface area is 195 Å². The Morgan fingerprint density at radius 3 is 2.36 bits per heavy atom. The molecule has 3 aromatic rings. The largest absolute Gasteiger partial charge is 0.507 e. The summed E-state index contributed by atoms with van der Waals surface area (Å²) in [4.78, 5) is 14.7. The molecule has 0 spiro atoms. The van der Waals surface area contributed by atoms with Gasteiger partial charge in [-0.3, -0.25) is 9.89 Å². The minimum atomic E-state index is -0.637. The van der Waals surface area contributed by atoms with E-state index in [9.17, 15) is 15.0 Å². The predicted molar refractivity (Wildman–Crippen MR) is 121 cm³/mol. The Morgan fingerprint density at radius 1 is 1.12 bits per heavy atom. The van der Waals surface area contributed by atoms with E-state index in [1.54, 1.807) is 31.2 Å². The van der Waals surface area contributed by atoms with Crippen LogP contribution in [0.25, 0.3) is 11.3 Å². The molecule has 174 valence electrons. The number of methoxy groups -OCH3 is 3. The van der Waals surface area contributed by atoms with Crippen molar-refractivity contribution < 1.29 is 29.2 Å². The van der Waals surface area contributed by atoms with Crippen LogP contribution < -0.4 is 14.2 Å². The van der Waals surface area contributed by atoms with Gasteiger partial charge >= 0.3 is 0 Å². The highest BCUT2D eigenvalue weighted by Gasteiger charge is 2.43. The topological polar surface area (TPSA) is 117 Å². The number of β-amino-alcohol motifs (C(OH)–C–C–N with tert-alkyl or cyclic N) is 1. The molecule has 1 aromatic heterocycles. The fourth-order valence-corrected chi connectivity index (χ4v) is 4.37. The number of halogens is 1. The number of benzene rings is 2. The van der Waals surface area contributed by atoms with E-state index in [-0.39, 0.29) is 30.5 Å². The predicted octanol–water partition coefficient (Wildman–Crippen LogP) is 3.31. The maximum Gasteiger partial charge on any atom is 0.273 e. The van der Waals surface area contributed by atoms with Gasteiger partial charge in [0.25, 0.3) is 5.91 Å². The number of aliphatic hydroxyl groups is 1. The first-order chi connectivity index (χ1) is 15.9. The molecule has 10 heteroatoms. The SMILES string of the molecule is COc1cc(C2c3c(-c4cc(Cl)c(C)cc4O)n[nH]c3C(=O)N2CCO)cc(OC)c1OC. The molecule has 0 bridgehead atoms. The molecule has 3 N–H and O–H groups in total. The van der Waals surface area contributed by atoms with E-state index in [1.165, 1.54) is 26.2 Å². The molecule has 9 nitrogen and oxygen atoms in total. The molecule has 0 fully saturated rings. The Hall–Kier alpha value is -3.43. The van der Waals surface area contributed by atoms with Crippen LogP contribution in [0.4, 0.5) is 0 Å². The van der Waals surface area contributed by atoms with Crippen molar-refractivity contribution in [3.05, 3.63) is 51.7 Å². The monoisotopic (exact) mass is 473 g/mol. The van der Waals surface area contributed by atoms with E-state index in [4.69, 9.17) is 25.8 Å². The summed E-state index contributed by atoms with van der Waals surface area (Å²) in [6.45, 7) is 1.64. The van der Waals surface area contributed by atoms with Gasteiger partial charge < -0.3 is 29.3 Å². The van der Waals surface area contributed by atoms with E-state index in [0.29, 0.717) is 50.2 Å². The lowest BCUT2D eigenvalue weighted by molar-refractivity contribution is 0.0706. The third-order valence-corrected chi connectivity index (χ3v) is 6.15. The molecule has 0 saturated heterocycles. The minimum Gasteiger partial charge on any atom is -0.507 e. The molecule has 1 amide bonds. The summed E-state index contributed by atoms with van der Waals surface area (Å²) in [5.41, 5.74) is 2.97. The maximum atomic E-state index is 13.2. The van der Waals surface area contributed by atoms with Crippen molar-refractivity contribution in [3.8, 4) is 34.3 Å². The number of nitrogens with one attached hydrogen (secondary N) is 1. The number of H-pyrrole nitrogens is 1. The van der Waals surface area contributed by atoms with Crippen LogP contribution in [0, 0.1) is 6.92 Å². The second-order valence-corrected chi connectivity index (χ2v) is 7.97. The van der Waals surface area contributed by atoms with Crippen molar-refractivity contribution in [2.75, 3.05) is 34.5 Å². The molecule has 0 radical (unpaired) electrons. The molecule has 2 aromatic carbocycles. The standard InChI is InChI=1S/C23H24ClN3O6/c1-11-7-15(29)13(10-14(11)24)19-18-20(26-25-19)23(30)27(5-6-28)21(18)12-8-16(31-2)22(33-4)17(9-12)32-3/h7-10,21,28-29H,5-6H2,1-4H3,(H,25,26). The highest BCUT2D eigenvalue weighted by atomic mass is 35.5. The van der Waals surface area contributed by atoms with Gasteiger partial charge in [-0.1, -0.05) is 11.6 Å². The highest BCUT2D eigenvalue weighted by Crippen LogP contribution is 2.48. The number of fused-ring (bicyclic) bond motifs is 1. The second-order valence-electron chi connectivity index (χ2n) is 7.56. The Kier molecular flexibility index (Phi) is 6.09. The zero-order valence-electron chi connectivity index (χ0n) is 18.6. The number of ether oxygens (including phenoxy) is 3. The van der Waals surface area contributed by atoms with Gasteiger partial charge in [0.05, 0.1) is 34.0 Å². The van der Waals surface area contributed by atoms with Crippen LogP contribution in [0.15, 0.2) is 24.3 Å². The number of rotatable bonds is 7. The van der Waals surface area contributed by atoms with Gasteiger partial charge in [-0.25, -0.2) is 0 Å². The molecule has 33 heavy (non-hydrogen) atoms. The quantitative estimate of drug-likeness (QED) is 0.482. The molecule has 2 heterocycles. The van der Waals surface area contributed by atoms with Crippen LogP contribution in [0.2, 0.25) is 5.02 Å². The summed E-state index contributed by atoms with van der Waals surface area (Å²) in [7, 11) is 4.52. The van der Waals surface area contributed by atoms with Gasteiger partial charge in [-0.05, 0) is 42.3 Å². The zero-order valence-corrected chi connectivity index (χ0v) is 19.4. The Morgan fingerprint density at radius 2 is 1.79 bits per heavy atom. The first-order valence-corrected chi connectivity index (χ1v) is 10.5. The summed E-state index contributed by atoms with van der Waals surface area (Å²) >= 11 is 6.32. The number of aryl methyl sites for hydroxylation is 1. The van der Waals surface area contributed by atoms with Crippen molar-refractivity contribution in [2.45, 2.75) is 13.0 Å². The first-order valence-electron chi connectivity index (χ1n) is 10.2. The molecule has 1 unspecified atom stereocenters. The normalized spacial score (nSPS) is 15.0. The number of phenols is 1. The fourth-order valence-electron chi connectivity index (χ4n) is 4.20. The number of carbonyl (C=O) groups is 1. The van der Waals surface area contributed by atoms with Crippen LogP contribution in [0.5, 0.6) is 23.0 Å². The van der Waals surface area contributed by atoms with Gasteiger partial charge in [0.1, 0.15) is 17.1 Å². The summed E-state index contributed by atoms with van der Waals surface area (Å²) in [5, 5.41) is 27.9. The molecule has 1 aliphatic rings. The third-order valence-electron chi connectivity index (χ3n) is 5.74. The average Bonchev–Trinajstić information content (AvgIpc) is 3.34. The minimum absolute atomic E-state index is 0.0112. The van der Waals surface area contributed by atoms with Crippen LogP contribution in [0.3, 0.4) is 0 Å². The average molecular weight is 474 g/mol.